The number of carbonyl (C=O) groups is 2. The van der Waals surface area contributed by atoms with Crippen molar-refractivity contribution in [2.75, 3.05) is 6.54 Å². The van der Waals surface area contributed by atoms with Crippen LogP contribution in [0.2, 0.25) is 0 Å². The van der Waals surface area contributed by atoms with E-state index in [0.29, 0.717) is 19.4 Å². The van der Waals surface area contributed by atoms with Crippen LogP contribution in [0.4, 0.5) is 13.2 Å². The number of primary amides is 1. The summed E-state index contributed by atoms with van der Waals surface area (Å²) in [4.78, 5) is 24.6. The van der Waals surface area contributed by atoms with E-state index in [0.717, 1.165) is 12.1 Å². The summed E-state index contributed by atoms with van der Waals surface area (Å²) in [6, 6.07) is 3.42. The Morgan fingerprint density at radius 2 is 2.00 bits per heavy atom. The highest BCUT2D eigenvalue weighted by atomic mass is 19.4. The van der Waals surface area contributed by atoms with E-state index in [9.17, 15) is 22.8 Å². The molecule has 0 bridgehead atoms. The summed E-state index contributed by atoms with van der Waals surface area (Å²) in [6.45, 7) is 0.322. The zero-order valence-electron chi connectivity index (χ0n) is 10.5. The number of hydrogen-bond acceptors (Lipinski definition) is 2. The zero-order valence-corrected chi connectivity index (χ0v) is 10.5. The lowest BCUT2D eigenvalue weighted by Crippen LogP contribution is -2.43. The molecule has 0 unspecified atom stereocenters. The first kappa shape index (κ1) is 14.4. The highest BCUT2D eigenvalue weighted by molar-refractivity contribution is 5.97. The predicted molar refractivity (Wildman–Crippen MR) is 64.7 cm³/mol. The van der Waals surface area contributed by atoms with Crippen LogP contribution in [0.3, 0.4) is 0 Å². The van der Waals surface area contributed by atoms with E-state index >= 15 is 0 Å². The van der Waals surface area contributed by atoms with E-state index in [1.165, 1.54) is 17.0 Å². The van der Waals surface area contributed by atoms with Crippen molar-refractivity contribution in [3.8, 4) is 0 Å². The van der Waals surface area contributed by atoms with Gasteiger partial charge in [-0.05, 0) is 31.0 Å². The number of alkyl halides is 3. The van der Waals surface area contributed by atoms with E-state index in [1.54, 1.807) is 0 Å². The maximum absolute atomic E-state index is 12.6. The molecular formula is C13H13F3N2O2. The molecule has 1 aliphatic heterocycles. The molecule has 1 saturated heterocycles. The van der Waals surface area contributed by atoms with E-state index in [4.69, 9.17) is 5.73 Å². The Kier molecular flexibility index (Phi) is 3.69. The molecule has 2 N–H and O–H groups in total. The first-order chi connectivity index (χ1) is 9.30. The van der Waals surface area contributed by atoms with Crippen LogP contribution in [-0.2, 0) is 11.0 Å². The minimum atomic E-state index is -4.51. The van der Waals surface area contributed by atoms with Crippen molar-refractivity contribution in [2.24, 2.45) is 5.73 Å². The van der Waals surface area contributed by atoms with Crippen molar-refractivity contribution in [3.63, 3.8) is 0 Å². The largest absolute Gasteiger partial charge is 0.416 e. The number of likely N-dealkylation sites (tertiary alicyclic amines) is 1. The average molecular weight is 286 g/mol. The van der Waals surface area contributed by atoms with Crippen LogP contribution in [0.1, 0.15) is 28.8 Å². The Balaban J connectivity index is 2.28. The van der Waals surface area contributed by atoms with Crippen LogP contribution in [0.25, 0.3) is 0 Å². The van der Waals surface area contributed by atoms with E-state index in [2.05, 4.69) is 0 Å². The number of amides is 2. The first-order valence-electron chi connectivity index (χ1n) is 6.08. The second kappa shape index (κ2) is 5.15. The van der Waals surface area contributed by atoms with Gasteiger partial charge in [-0.25, -0.2) is 0 Å². The molecule has 0 aliphatic carbocycles. The summed E-state index contributed by atoms with van der Waals surface area (Å²) >= 11 is 0. The number of carbonyl (C=O) groups excluding carboxylic acids is 2. The summed E-state index contributed by atoms with van der Waals surface area (Å²) in [5.41, 5.74) is 4.21. The van der Waals surface area contributed by atoms with Gasteiger partial charge in [0.2, 0.25) is 5.91 Å². The second-order valence-corrected chi connectivity index (χ2v) is 4.64. The van der Waals surface area contributed by atoms with Gasteiger partial charge in [-0.1, -0.05) is 6.07 Å². The molecule has 0 radical (unpaired) electrons. The minimum Gasteiger partial charge on any atom is -0.368 e. The SMILES string of the molecule is NC(=O)[C@H]1CCCN1C(=O)c1cccc(C(F)(F)F)c1. The lowest BCUT2D eigenvalue weighted by molar-refractivity contribution is -0.137. The topological polar surface area (TPSA) is 63.4 Å². The Morgan fingerprint density at radius 3 is 2.60 bits per heavy atom. The summed E-state index contributed by atoms with van der Waals surface area (Å²) in [5.74, 6) is -1.24. The molecule has 20 heavy (non-hydrogen) atoms. The zero-order chi connectivity index (χ0) is 14.9. The van der Waals surface area contributed by atoms with Crippen LogP contribution in [0.5, 0.6) is 0 Å². The molecule has 4 nitrogen and oxygen atoms in total. The third-order valence-electron chi connectivity index (χ3n) is 3.28. The molecular weight excluding hydrogens is 273 g/mol. The first-order valence-corrected chi connectivity index (χ1v) is 6.08. The highest BCUT2D eigenvalue weighted by Gasteiger charge is 2.35. The number of halogens is 3. The number of nitrogens with two attached hydrogens (primary N) is 1. The molecule has 7 heteroatoms. The lowest BCUT2D eigenvalue weighted by atomic mass is 10.1. The number of benzene rings is 1. The van der Waals surface area contributed by atoms with E-state index < -0.39 is 29.6 Å². The van der Waals surface area contributed by atoms with Crippen LogP contribution in [0.15, 0.2) is 24.3 Å². The van der Waals surface area contributed by atoms with Gasteiger partial charge in [-0.2, -0.15) is 13.2 Å². The monoisotopic (exact) mass is 286 g/mol. The number of rotatable bonds is 2. The molecule has 2 amide bonds. The molecule has 1 aliphatic rings. The van der Waals surface area contributed by atoms with Crippen LogP contribution >= 0.6 is 0 Å². The van der Waals surface area contributed by atoms with E-state index in [-0.39, 0.29) is 5.56 Å². The Bertz CT molecular complexity index is 543. The Labute approximate surface area is 113 Å². The summed E-state index contributed by atoms with van der Waals surface area (Å²) in [6.07, 6.45) is -3.46. The van der Waals surface area contributed by atoms with Gasteiger partial charge in [0.15, 0.2) is 0 Å². The Hall–Kier alpha value is -2.05. The standard InChI is InChI=1S/C13H13F3N2O2/c14-13(15,16)9-4-1-3-8(7-9)12(20)18-6-2-5-10(18)11(17)19/h1,3-4,7,10H,2,5-6H2,(H2,17,19)/t10-/m1/s1. The predicted octanol–water partition coefficient (Wildman–Crippen LogP) is 1.80. The number of nitrogens with zero attached hydrogens (tertiary/aromatic N) is 1. The molecule has 0 aromatic heterocycles. The smallest absolute Gasteiger partial charge is 0.368 e. The van der Waals surface area contributed by atoms with Crippen LogP contribution < -0.4 is 5.73 Å². The molecule has 1 atom stereocenters. The fourth-order valence-corrected chi connectivity index (χ4v) is 2.30. The van der Waals surface area contributed by atoms with Crippen molar-refractivity contribution in [1.29, 1.82) is 0 Å². The third-order valence-corrected chi connectivity index (χ3v) is 3.28. The van der Waals surface area contributed by atoms with Gasteiger partial charge in [0, 0.05) is 12.1 Å². The van der Waals surface area contributed by atoms with Crippen LogP contribution in [0, 0.1) is 0 Å². The molecule has 1 aromatic rings. The molecule has 0 spiro atoms. The highest BCUT2D eigenvalue weighted by Crippen LogP contribution is 2.30. The van der Waals surface area contributed by atoms with Crippen molar-refractivity contribution in [1.82, 2.24) is 4.90 Å². The molecule has 1 fully saturated rings. The van der Waals surface area contributed by atoms with Gasteiger partial charge in [0.1, 0.15) is 6.04 Å². The van der Waals surface area contributed by atoms with Crippen molar-refractivity contribution in [3.05, 3.63) is 35.4 Å². The Morgan fingerprint density at radius 1 is 1.30 bits per heavy atom. The van der Waals surface area contributed by atoms with Crippen molar-refractivity contribution >= 4 is 11.8 Å². The van der Waals surface area contributed by atoms with Gasteiger partial charge in [-0.15, -0.1) is 0 Å². The molecule has 108 valence electrons. The average Bonchev–Trinajstić information content (AvgIpc) is 2.86. The fourth-order valence-electron chi connectivity index (χ4n) is 2.30. The summed E-state index contributed by atoms with van der Waals surface area (Å²) in [7, 11) is 0. The van der Waals surface area contributed by atoms with Crippen molar-refractivity contribution in [2.45, 2.75) is 25.1 Å². The fraction of sp³-hybridized carbons (Fsp3) is 0.385. The normalized spacial score (nSPS) is 19.1. The van der Waals surface area contributed by atoms with Crippen molar-refractivity contribution < 1.29 is 22.8 Å². The summed E-state index contributed by atoms with van der Waals surface area (Å²) < 4.78 is 37.8. The second-order valence-electron chi connectivity index (χ2n) is 4.64. The molecule has 2 rings (SSSR count). The van der Waals surface area contributed by atoms with Gasteiger partial charge < -0.3 is 10.6 Å². The van der Waals surface area contributed by atoms with Gasteiger partial charge in [0.25, 0.3) is 5.91 Å². The maximum atomic E-state index is 12.6. The minimum absolute atomic E-state index is 0.0898. The quantitative estimate of drug-likeness (QED) is 0.901. The number of hydrogen-bond donors (Lipinski definition) is 1. The van der Waals surface area contributed by atoms with Gasteiger partial charge >= 0.3 is 6.18 Å². The van der Waals surface area contributed by atoms with Crippen LogP contribution in [-0.4, -0.2) is 29.3 Å². The van der Waals surface area contributed by atoms with Gasteiger partial charge in [-0.3, -0.25) is 9.59 Å². The maximum Gasteiger partial charge on any atom is 0.416 e. The summed E-state index contributed by atoms with van der Waals surface area (Å²) in [5, 5.41) is 0. The lowest BCUT2D eigenvalue weighted by Gasteiger charge is -2.22. The third kappa shape index (κ3) is 2.76. The molecule has 1 aromatic carbocycles. The molecule has 0 saturated carbocycles. The van der Waals surface area contributed by atoms with Gasteiger partial charge in [0.05, 0.1) is 5.56 Å². The van der Waals surface area contributed by atoms with E-state index in [1.807, 2.05) is 0 Å². The molecule has 1 heterocycles.